The zero-order valence-corrected chi connectivity index (χ0v) is 22.7. The highest BCUT2D eigenvalue weighted by atomic mass is 32.1. The van der Waals surface area contributed by atoms with Gasteiger partial charge in [0.15, 0.2) is 0 Å². The van der Waals surface area contributed by atoms with E-state index in [4.69, 9.17) is 9.97 Å². The van der Waals surface area contributed by atoms with Crippen molar-refractivity contribution in [1.29, 1.82) is 0 Å². The molecule has 2 aliphatic heterocycles. The number of hydrogen-bond acceptors (Lipinski definition) is 7. The lowest BCUT2D eigenvalue weighted by Gasteiger charge is -2.30. The average molecular weight is 499 g/mol. The molecule has 0 bridgehead atoms. The lowest BCUT2D eigenvalue weighted by Crippen LogP contribution is -2.41. The van der Waals surface area contributed by atoms with Crippen LogP contribution in [0.3, 0.4) is 0 Å². The third kappa shape index (κ3) is 5.49. The molecule has 2 saturated heterocycles. The number of piperidine rings is 1. The van der Waals surface area contributed by atoms with E-state index in [0.717, 1.165) is 89.3 Å². The van der Waals surface area contributed by atoms with Gasteiger partial charge in [0, 0.05) is 44.1 Å². The molecule has 0 aromatic carbocycles. The number of nitrogens with zero attached hydrogens (tertiary/aromatic N) is 6. The second-order valence-corrected chi connectivity index (χ2v) is 11.7. The number of carbonyl (C=O) groups excluding carboxylic acids is 1. The molecule has 2 aromatic heterocycles. The van der Waals surface area contributed by atoms with Gasteiger partial charge in [-0.25, -0.2) is 9.97 Å². The predicted molar refractivity (Wildman–Crippen MR) is 144 cm³/mol. The second kappa shape index (κ2) is 11.1. The molecular weight excluding hydrogens is 456 g/mol. The number of amides is 1. The Morgan fingerprint density at radius 2 is 1.77 bits per heavy atom. The average Bonchev–Trinajstić information content (AvgIpc) is 3.35. The van der Waals surface area contributed by atoms with Crippen molar-refractivity contribution in [2.24, 2.45) is 5.92 Å². The van der Waals surface area contributed by atoms with Gasteiger partial charge in [0.1, 0.15) is 16.5 Å². The van der Waals surface area contributed by atoms with E-state index in [2.05, 4.69) is 35.5 Å². The molecule has 4 heterocycles. The van der Waals surface area contributed by atoms with Crippen molar-refractivity contribution >= 4 is 33.3 Å². The summed E-state index contributed by atoms with van der Waals surface area (Å²) in [7, 11) is 0. The first-order valence-corrected chi connectivity index (χ1v) is 14.7. The van der Waals surface area contributed by atoms with E-state index in [0.29, 0.717) is 6.54 Å². The lowest BCUT2D eigenvalue weighted by molar-refractivity contribution is -0.132. The highest BCUT2D eigenvalue weighted by molar-refractivity contribution is 7.19. The summed E-state index contributed by atoms with van der Waals surface area (Å²) in [5, 5.41) is 1.33. The monoisotopic (exact) mass is 498 g/mol. The van der Waals surface area contributed by atoms with Crippen LogP contribution in [0.15, 0.2) is 0 Å². The van der Waals surface area contributed by atoms with Crippen molar-refractivity contribution in [2.45, 2.75) is 65.8 Å². The summed E-state index contributed by atoms with van der Waals surface area (Å²) in [6.45, 7) is 15.5. The minimum atomic E-state index is 0.252. The maximum Gasteiger partial charge on any atom is 0.236 e. The molecule has 3 aliphatic rings. The van der Waals surface area contributed by atoms with Crippen molar-refractivity contribution in [3.05, 3.63) is 16.3 Å². The fourth-order valence-electron chi connectivity index (χ4n) is 5.95. The largest absolute Gasteiger partial charge is 0.355 e. The summed E-state index contributed by atoms with van der Waals surface area (Å²) in [5.74, 6) is 3.23. The van der Waals surface area contributed by atoms with Crippen LogP contribution in [0.5, 0.6) is 0 Å². The van der Waals surface area contributed by atoms with Gasteiger partial charge in [-0.05, 0) is 76.9 Å². The van der Waals surface area contributed by atoms with Gasteiger partial charge in [-0.3, -0.25) is 14.6 Å². The number of fused-ring (bicyclic) bond motifs is 3. The Kier molecular flexibility index (Phi) is 7.89. The summed E-state index contributed by atoms with van der Waals surface area (Å²) >= 11 is 1.91. The minimum absolute atomic E-state index is 0.252. The molecule has 2 aromatic rings. The number of carbonyl (C=O) groups is 1. The van der Waals surface area contributed by atoms with E-state index in [1.54, 1.807) is 0 Å². The van der Waals surface area contributed by atoms with Gasteiger partial charge >= 0.3 is 0 Å². The number of aryl methyl sites for hydroxylation is 2. The highest BCUT2D eigenvalue weighted by Crippen LogP contribution is 2.41. The number of thiophene rings is 1. The summed E-state index contributed by atoms with van der Waals surface area (Å²) in [6.07, 6.45) is 7.21. The Bertz CT molecular complexity index is 1030. The van der Waals surface area contributed by atoms with E-state index in [1.807, 2.05) is 16.2 Å². The maximum atomic E-state index is 12.7. The first-order valence-electron chi connectivity index (χ1n) is 13.8. The van der Waals surface area contributed by atoms with Crippen LogP contribution in [0, 0.1) is 5.92 Å². The normalized spacial score (nSPS) is 20.4. The molecule has 0 unspecified atom stereocenters. The summed E-state index contributed by atoms with van der Waals surface area (Å²) in [5.41, 5.74) is 1.51. The fourth-order valence-corrected chi connectivity index (χ4v) is 7.22. The van der Waals surface area contributed by atoms with Crippen LogP contribution < -0.4 is 4.90 Å². The number of likely N-dealkylation sites (N-methyl/N-ethyl adjacent to an activating group) is 1. The summed E-state index contributed by atoms with van der Waals surface area (Å²) in [6, 6.07) is 0. The van der Waals surface area contributed by atoms with Gasteiger partial charge in [-0.2, -0.15) is 0 Å². The van der Waals surface area contributed by atoms with Crippen molar-refractivity contribution in [3.8, 4) is 0 Å². The van der Waals surface area contributed by atoms with Crippen LogP contribution in [0.1, 0.15) is 62.7 Å². The summed E-state index contributed by atoms with van der Waals surface area (Å²) < 4.78 is 0. The van der Waals surface area contributed by atoms with Gasteiger partial charge in [0.2, 0.25) is 5.91 Å². The van der Waals surface area contributed by atoms with Gasteiger partial charge in [-0.15, -0.1) is 11.3 Å². The number of likely N-dealkylation sites (tertiary alicyclic amines) is 1. The molecule has 1 aliphatic carbocycles. The number of aromatic nitrogens is 2. The van der Waals surface area contributed by atoms with Crippen LogP contribution in [0.25, 0.3) is 10.2 Å². The van der Waals surface area contributed by atoms with Gasteiger partial charge in [0.25, 0.3) is 0 Å². The molecule has 2 fully saturated rings. The molecule has 1 amide bonds. The molecule has 35 heavy (non-hydrogen) atoms. The first-order chi connectivity index (χ1) is 17.1. The van der Waals surface area contributed by atoms with Crippen LogP contribution in [0.4, 0.5) is 5.82 Å². The van der Waals surface area contributed by atoms with Crippen LogP contribution in [-0.2, 0) is 24.2 Å². The van der Waals surface area contributed by atoms with Crippen LogP contribution >= 0.6 is 11.3 Å². The molecule has 0 N–H and O–H groups in total. The highest BCUT2D eigenvalue weighted by Gasteiger charge is 2.27. The minimum Gasteiger partial charge on any atom is -0.355 e. The Labute approximate surface area is 214 Å². The number of anilines is 1. The van der Waals surface area contributed by atoms with Gasteiger partial charge < -0.3 is 9.80 Å². The summed E-state index contributed by atoms with van der Waals surface area (Å²) in [4.78, 5) is 35.1. The number of hydrogen-bond donors (Lipinski definition) is 0. The quantitative estimate of drug-likeness (QED) is 0.579. The second-order valence-electron chi connectivity index (χ2n) is 10.6. The molecule has 0 radical (unpaired) electrons. The van der Waals surface area contributed by atoms with Crippen molar-refractivity contribution in [1.82, 2.24) is 24.7 Å². The van der Waals surface area contributed by atoms with Crippen molar-refractivity contribution in [2.75, 3.05) is 63.8 Å². The Morgan fingerprint density at radius 1 is 0.971 bits per heavy atom. The Hall–Kier alpha value is -1.77. The van der Waals surface area contributed by atoms with Crippen LogP contribution in [-0.4, -0.2) is 89.5 Å². The van der Waals surface area contributed by atoms with Crippen molar-refractivity contribution in [3.63, 3.8) is 0 Å². The van der Waals surface area contributed by atoms with E-state index in [-0.39, 0.29) is 5.91 Å². The van der Waals surface area contributed by atoms with E-state index >= 15 is 0 Å². The third-order valence-corrected chi connectivity index (χ3v) is 9.38. The van der Waals surface area contributed by atoms with Crippen molar-refractivity contribution < 1.29 is 4.79 Å². The zero-order valence-electron chi connectivity index (χ0n) is 21.9. The Balaban J connectivity index is 1.37. The topological polar surface area (TPSA) is 55.8 Å². The fraction of sp³-hybridized carbons (Fsp3) is 0.741. The molecular formula is C27H42N6OS. The van der Waals surface area contributed by atoms with E-state index in [1.165, 1.54) is 46.3 Å². The SMILES string of the molecule is CCN(CC)C(=O)CN1CCCN(c2nc(CN3CCC(C)CC3)nc3sc4c(c23)CCC4)CC1. The Morgan fingerprint density at radius 3 is 2.54 bits per heavy atom. The van der Waals surface area contributed by atoms with Crippen LogP contribution in [0.2, 0.25) is 0 Å². The van der Waals surface area contributed by atoms with Gasteiger partial charge in [0.05, 0.1) is 18.5 Å². The number of rotatable bonds is 7. The molecule has 0 saturated carbocycles. The molecule has 5 rings (SSSR count). The molecule has 0 spiro atoms. The zero-order chi connectivity index (χ0) is 24.4. The van der Waals surface area contributed by atoms with E-state index in [9.17, 15) is 4.79 Å². The molecule has 7 nitrogen and oxygen atoms in total. The molecule has 8 heteroatoms. The standard InChI is InChI=1S/C27H42N6OS/c1-4-32(5-2)24(34)19-30-12-7-13-33(17-16-30)26-25-21-8-6-9-22(21)35-27(25)29-23(28-26)18-31-14-10-20(3)11-15-31/h20H,4-19H2,1-3H3. The van der Waals surface area contributed by atoms with Gasteiger partial charge in [-0.1, -0.05) is 6.92 Å². The predicted octanol–water partition coefficient (Wildman–Crippen LogP) is 3.79. The molecule has 192 valence electrons. The smallest absolute Gasteiger partial charge is 0.236 e. The van der Waals surface area contributed by atoms with E-state index < -0.39 is 0 Å². The first kappa shape index (κ1) is 24.9. The molecule has 0 atom stereocenters. The maximum absolute atomic E-state index is 12.7. The lowest BCUT2D eigenvalue weighted by atomic mass is 9.99. The third-order valence-electron chi connectivity index (χ3n) is 8.20.